The molecular formula is C16H22N4O. The second-order valence-electron chi connectivity index (χ2n) is 6.38. The number of fused-ring (bicyclic) bond motifs is 1. The van der Waals surface area contributed by atoms with Crippen LogP contribution in [0.4, 0.5) is 0 Å². The number of aryl methyl sites for hydroxylation is 1. The summed E-state index contributed by atoms with van der Waals surface area (Å²) in [5, 5.41) is 3.41. The van der Waals surface area contributed by atoms with Gasteiger partial charge in [0, 0.05) is 44.0 Å². The van der Waals surface area contributed by atoms with E-state index in [0.717, 1.165) is 43.1 Å². The van der Waals surface area contributed by atoms with Crippen molar-refractivity contribution in [2.45, 2.75) is 32.9 Å². The Morgan fingerprint density at radius 3 is 3.00 bits per heavy atom. The number of hydrogen-bond donors (Lipinski definition) is 1. The highest BCUT2D eigenvalue weighted by Gasteiger charge is 2.29. The van der Waals surface area contributed by atoms with Crippen molar-refractivity contribution in [3.8, 4) is 0 Å². The molecule has 1 aliphatic heterocycles. The van der Waals surface area contributed by atoms with Gasteiger partial charge in [-0.3, -0.25) is 14.1 Å². The topological polar surface area (TPSA) is 49.6 Å². The van der Waals surface area contributed by atoms with Crippen LogP contribution < -0.4 is 10.9 Å². The third kappa shape index (κ3) is 2.71. The molecule has 0 aliphatic carbocycles. The maximum atomic E-state index is 12.2. The smallest absolute Gasteiger partial charge is 0.258 e. The Kier molecular flexibility index (Phi) is 3.55. The molecule has 0 saturated carbocycles. The molecule has 1 saturated heterocycles. The average Bonchev–Trinajstić information content (AvgIpc) is 2.42. The van der Waals surface area contributed by atoms with E-state index < -0.39 is 0 Å². The van der Waals surface area contributed by atoms with Crippen LogP contribution in [0, 0.1) is 6.92 Å². The molecule has 3 heterocycles. The lowest BCUT2D eigenvalue weighted by Crippen LogP contribution is -2.57. The third-order valence-electron chi connectivity index (χ3n) is 4.26. The van der Waals surface area contributed by atoms with Crippen molar-refractivity contribution in [3.63, 3.8) is 0 Å². The van der Waals surface area contributed by atoms with Gasteiger partial charge in [0.25, 0.3) is 5.56 Å². The predicted molar refractivity (Wildman–Crippen MR) is 83.6 cm³/mol. The van der Waals surface area contributed by atoms with Gasteiger partial charge in [0.15, 0.2) is 0 Å². The van der Waals surface area contributed by atoms with E-state index in [0.29, 0.717) is 0 Å². The fourth-order valence-corrected chi connectivity index (χ4v) is 2.90. The van der Waals surface area contributed by atoms with Crippen LogP contribution in [0.15, 0.2) is 29.2 Å². The maximum Gasteiger partial charge on any atom is 0.258 e. The zero-order valence-electron chi connectivity index (χ0n) is 12.9. The van der Waals surface area contributed by atoms with E-state index in [1.165, 1.54) is 0 Å². The van der Waals surface area contributed by atoms with Gasteiger partial charge < -0.3 is 5.32 Å². The van der Waals surface area contributed by atoms with Crippen molar-refractivity contribution in [2.24, 2.45) is 0 Å². The van der Waals surface area contributed by atoms with Crippen molar-refractivity contribution in [3.05, 3.63) is 46.0 Å². The van der Waals surface area contributed by atoms with Crippen molar-refractivity contribution in [2.75, 3.05) is 19.6 Å². The van der Waals surface area contributed by atoms with Crippen LogP contribution in [0.25, 0.3) is 5.65 Å². The van der Waals surface area contributed by atoms with Crippen molar-refractivity contribution < 1.29 is 0 Å². The van der Waals surface area contributed by atoms with Gasteiger partial charge in [-0.05, 0) is 32.4 Å². The average molecular weight is 286 g/mol. The van der Waals surface area contributed by atoms with E-state index in [9.17, 15) is 4.79 Å². The molecule has 2 aromatic rings. The summed E-state index contributed by atoms with van der Waals surface area (Å²) in [5.41, 5.74) is 2.71. The minimum absolute atomic E-state index is 0.00774. The number of rotatable bonds is 2. The van der Waals surface area contributed by atoms with Gasteiger partial charge in [0.1, 0.15) is 5.65 Å². The molecule has 0 spiro atoms. The molecule has 0 bridgehead atoms. The number of piperazine rings is 1. The second-order valence-corrected chi connectivity index (χ2v) is 6.38. The Bertz CT molecular complexity index is 720. The molecule has 1 fully saturated rings. The first kappa shape index (κ1) is 14.2. The lowest BCUT2D eigenvalue weighted by atomic mass is 10.00. The summed E-state index contributed by atoms with van der Waals surface area (Å²) in [6.07, 6.45) is 1.77. The Morgan fingerprint density at radius 1 is 1.43 bits per heavy atom. The maximum absolute atomic E-state index is 12.2. The molecule has 21 heavy (non-hydrogen) atoms. The second kappa shape index (κ2) is 5.24. The molecular weight excluding hydrogens is 264 g/mol. The molecule has 3 rings (SSSR count). The van der Waals surface area contributed by atoms with Gasteiger partial charge in [-0.15, -0.1) is 0 Å². The first-order valence-corrected chi connectivity index (χ1v) is 7.41. The standard InChI is InChI=1S/C16H22N4O/c1-12-5-4-7-20-14(21)9-13(18-15(12)20)10-19-8-6-17-11-16(19,2)3/h4-5,7,9,17H,6,8,10-11H2,1-3H3. The molecule has 1 aliphatic rings. The largest absolute Gasteiger partial charge is 0.314 e. The van der Waals surface area contributed by atoms with Crippen LogP contribution in [-0.4, -0.2) is 39.5 Å². The monoisotopic (exact) mass is 286 g/mol. The Labute approximate surface area is 124 Å². The number of aromatic nitrogens is 2. The summed E-state index contributed by atoms with van der Waals surface area (Å²) in [4.78, 5) is 19.3. The molecule has 0 unspecified atom stereocenters. The van der Waals surface area contributed by atoms with Crippen molar-refractivity contribution in [1.82, 2.24) is 19.6 Å². The minimum atomic E-state index is -0.00774. The molecule has 0 atom stereocenters. The molecule has 0 aromatic carbocycles. The molecule has 0 radical (unpaired) electrons. The summed E-state index contributed by atoms with van der Waals surface area (Å²) in [7, 11) is 0. The van der Waals surface area contributed by atoms with Crippen LogP contribution in [0.3, 0.4) is 0 Å². The van der Waals surface area contributed by atoms with E-state index in [1.807, 2.05) is 19.1 Å². The summed E-state index contributed by atoms with van der Waals surface area (Å²) >= 11 is 0. The van der Waals surface area contributed by atoms with E-state index in [-0.39, 0.29) is 11.1 Å². The summed E-state index contributed by atoms with van der Waals surface area (Å²) in [5.74, 6) is 0. The lowest BCUT2D eigenvalue weighted by molar-refractivity contribution is 0.0814. The molecule has 0 amide bonds. The van der Waals surface area contributed by atoms with E-state index in [4.69, 9.17) is 4.98 Å². The predicted octanol–water partition coefficient (Wildman–Crippen LogP) is 1.19. The van der Waals surface area contributed by atoms with Crippen molar-refractivity contribution in [1.29, 1.82) is 0 Å². The van der Waals surface area contributed by atoms with Crippen LogP contribution >= 0.6 is 0 Å². The Balaban J connectivity index is 1.98. The zero-order valence-corrected chi connectivity index (χ0v) is 12.9. The summed E-state index contributed by atoms with van der Waals surface area (Å²) < 4.78 is 1.61. The van der Waals surface area contributed by atoms with Gasteiger partial charge in [0.05, 0.1) is 5.69 Å². The highest BCUT2D eigenvalue weighted by atomic mass is 16.1. The lowest BCUT2D eigenvalue weighted by Gasteiger charge is -2.42. The highest BCUT2D eigenvalue weighted by Crippen LogP contribution is 2.18. The van der Waals surface area contributed by atoms with Crippen LogP contribution in [0.1, 0.15) is 25.1 Å². The summed E-state index contributed by atoms with van der Waals surface area (Å²) in [6.45, 7) is 10.1. The quantitative estimate of drug-likeness (QED) is 0.901. The number of nitrogens with zero attached hydrogens (tertiary/aromatic N) is 3. The molecule has 1 N–H and O–H groups in total. The normalized spacial score (nSPS) is 19.0. The highest BCUT2D eigenvalue weighted by molar-refractivity contribution is 5.46. The third-order valence-corrected chi connectivity index (χ3v) is 4.26. The SMILES string of the molecule is Cc1cccn2c(=O)cc(CN3CCNCC3(C)C)nc12. The van der Waals surface area contributed by atoms with Gasteiger partial charge in [0.2, 0.25) is 0 Å². The van der Waals surface area contributed by atoms with E-state index in [1.54, 1.807) is 16.7 Å². The fraction of sp³-hybridized carbons (Fsp3) is 0.500. The number of nitrogens with one attached hydrogen (secondary N) is 1. The van der Waals surface area contributed by atoms with Crippen LogP contribution in [0.2, 0.25) is 0 Å². The number of hydrogen-bond acceptors (Lipinski definition) is 4. The van der Waals surface area contributed by atoms with Gasteiger partial charge in [-0.1, -0.05) is 6.07 Å². The van der Waals surface area contributed by atoms with Crippen LogP contribution in [0.5, 0.6) is 0 Å². The molecule has 5 nitrogen and oxygen atoms in total. The van der Waals surface area contributed by atoms with Crippen LogP contribution in [-0.2, 0) is 6.54 Å². The van der Waals surface area contributed by atoms with Gasteiger partial charge in [-0.25, -0.2) is 4.98 Å². The molecule has 112 valence electrons. The first-order valence-electron chi connectivity index (χ1n) is 7.41. The van der Waals surface area contributed by atoms with Gasteiger partial charge >= 0.3 is 0 Å². The first-order chi connectivity index (χ1) is 9.97. The number of pyridine rings is 1. The fourth-order valence-electron chi connectivity index (χ4n) is 2.90. The van der Waals surface area contributed by atoms with E-state index in [2.05, 4.69) is 24.1 Å². The van der Waals surface area contributed by atoms with Crippen molar-refractivity contribution >= 4 is 5.65 Å². The Morgan fingerprint density at radius 2 is 2.24 bits per heavy atom. The molecule has 5 heteroatoms. The zero-order chi connectivity index (χ0) is 15.0. The Hall–Kier alpha value is -1.72. The minimum Gasteiger partial charge on any atom is -0.314 e. The molecule has 2 aromatic heterocycles. The summed E-state index contributed by atoms with van der Waals surface area (Å²) in [6, 6.07) is 5.52. The van der Waals surface area contributed by atoms with Gasteiger partial charge in [-0.2, -0.15) is 0 Å². The van der Waals surface area contributed by atoms with E-state index >= 15 is 0 Å².